The summed E-state index contributed by atoms with van der Waals surface area (Å²) < 4.78 is 12.9. The van der Waals surface area contributed by atoms with Crippen LogP contribution in [0.4, 0.5) is 11.4 Å². The smallest absolute Gasteiger partial charge is 0.243 e. The monoisotopic (exact) mass is 426 g/mol. The third-order valence-corrected chi connectivity index (χ3v) is 5.18. The number of nitrogens with zero attached hydrogens (tertiary/aromatic N) is 4. The number of aromatic nitrogens is 4. The van der Waals surface area contributed by atoms with E-state index in [0.29, 0.717) is 41.5 Å². The standard InChI is InChI=1S/C20H19ClN6O3/c21-15-9-17-18(30-7-6-29-17)10-16(15)23-19(28)11-22-13-3-1-2-12(8-13)20-24-25-26-27(20)14-4-5-14/h1-3,8-10,14,22H,4-7,11H2,(H,23,28). The zero-order valence-corrected chi connectivity index (χ0v) is 16.7. The van der Waals surface area contributed by atoms with Crippen LogP contribution in [-0.2, 0) is 4.79 Å². The summed E-state index contributed by atoms with van der Waals surface area (Å²) in [5, 5.41) is 18.3. The van der Waals surface area contributed by atoms with Crippen molar-refractivity contribution >= 4 is 28.9 Å². The van der Waals surface area contributed by atoms with E-state index >= 15 is 0 Å². The van der Waals surface area contributed by atoms with Crippen LogP contribution in [0.1, 0.15) is 18.9 Å². The predicted molar refractivity (Wildman–Crippen MR) is 111 cm³/mol. The van der Waals surface area contributed by atoms with Gasteiger partial charge in [-0.15, -0.1) is 5.10 Å². The Bertz CT molecular complexity index is 1100. The van der Waals surface area contributed by atoms with Gasteiger partial charge in [0.25, 0.3) is 0 Å². The fraction of sp³-hybridized carbons (Fsp3) is 0.300. The number of rotatable bonds is 6. The van der Waals surface area contributed by atoms with Crippen molar-refractivity contribution in [3.05, 3.63) is 41.4 Å². The Labute approximate surface area is 177 Å². The number of hydrogen-bond donors (Lipinski definition) is 2. The second-order valence-electron chi connectivity index (χ2n) is 7.14. The first-order valence-electron chi connectivity index (χ1n) is 9.68. The van der Waals surface area contributed by atoms with E-state index in [1.54, 1.807) is 12.1 Å². The lowest BCUT2D eigenvalue weighted by molar-refractivity contribution is -0.114. The van der Waals surface area contributed by atoms with Gasteiger partial charge in [-0.1, -0.05) is 23.7 Å². The van der Waals surface area contributed by atoms with Crippen molar-refractivity contribution in [1.29, 1.82) is 0 Å². The van der Waals surface area contributed by atoms with Gasteiger partial charge in [0, 0.05) is 23.4 Å². The molecule has 2 heterocycles. The number of carbonyl (C=O) groups excluding carboxylic acids is 1. The molecular weight excluding hydrogens is 408 g/mol. The SMILES string of the molecule is O=C(CNc1cccc(-c2nnnn2C2CC2)c1)Nc1cc2c(cc1Cl)OCCO2. The molecule has 1 aromatic heterocycles. The number of carbonyl (C=O) groups is 1. The average Bonchev–Trinajstić information content (AvgIpc) is 3.49. The first-order valence-corrected chi connectivity index (χ1v) is 10.1. The summed E-state index contributed by atoms with van der Waals surface area (Å²) in [6, 6.07) is 11.4. The van der Waals surface area contributed by atoms with Gasteiger partial charge >= 0.3 is 0 Å². The van der Waals surface area contributed by atoms with E-state index < -0.39 is 0 Å². The molecule has 1 aliphatic carbocycles. The third-order valence-electron chi connectivity index (χ3n) is 4.87. The molecule has 10 heteroatoms. The van der Waals surface area contributed by atoms with E-state index in [0.717, 1.165) is 29.9 Å². The normalized spacial score (nSPS) is 15.0. The maximum atomic E-state index is 12.4. The summed E-state index contributed by atoms with van der Waals surface area (Å²) >= 11 is 6.25. The number of halogens is 1. The van der Waals surface area contributed by atoms with Gasteiger partial charge in [0.05, 0.1) is 23.3 Å². The molecule has 0 spiro atoms. The van der Waals surface area contributed by atoms with Crippen molar-refractivity contribution in [2.45, 2.75) is 18.9 Å². The second kappa shape index (κ2) is 7.83. The molecule has 2 aliphatic rings. The molecule has 154 valence electrons. The zero-order valence-electron chi connectivity index (χ0n) is 16.0. The minimum atomic E-state index is -0.234. The Kier molecular flexibility index (Phi) is 4.88. The lowest BCUT2D eigenvalue weighted by Gasteiger charge is -2.20. The maximum absolute atomic E-state index is 12.4. The lowest BCUT2D eigenvalue weighted by Crippen LogP contribution is -2.22. The predicted octanol–water partition coefficient (Wildman–Crippen LogP) is 3.15. The largest absolute Gasteiger partial charge is 0.486 e. The lowest BCUT2D eigenvalue weighted by atomic mass is 10.2. The van der Waals surface area contributed by atoms with E-state index in [1.807, 2.05) is 28.9 Å². The first-order chi connectivity index (χ1) is 14.7. The molecule has 1 saturated carbocycles. The summed E-state index contributed by atoms with van der Waals surface area (Å²) in [5.74, 6) is 1.64. The molecule has 1 fully saturated rings. The summed E-state index contributed by atoms with van der Waals surface area (Å²) in [6.45, 7) is 1.01. The van der Waals surface area contributed by atoms with Gasteiger partial charge in [0.15, 0.2) is 17.3 Å². The van der Waals surface area contributed by atoms with Crippen LogP contribution in [0.25, 0.3) is 11.4 Å². The van der Waals surface area contributed by atoms with Crippen LogP contribution in [0.2, 0.25) is 5.02 Å². The van der Waals surface area contributed by atoms with Crippen LogP contribution in [0.3, 0.4) is 0 Å². The highest BCUT2D eigenvalue weighted by Crippen LogP contribution is 2.38. The van der Waals surface area contributed by atoms with Crippen molar-refractivity contribution < 1.29 is 14.3 Å². The first kappa shape index (κ1) is 18.7. The van der Waals surface area contributed by atoms with Crippen molar-refractivity contribution in [2.75, 3.05) is 30.4 Å². The Morgan fingerprint density at radius 1 is 1.17 bits per heavy atom. The van der Waals surface area contributed by atoms with E-state index in [1.165, 1.54) is 0 Å². The third kappa shape index (κ3) is 3.88. The molecule has 30 heavy (non-hydrogen) atoms. The highest BCUT2D eigenvalue weighted by atomic mass is 35.5. The molecule has 0 unspecified atom stereocenters. The van der Waals surface area contributed by atoms with E-state index in [2.05, 4.69) is 26.2 Å². The number of anilines is 2. The number of benzene rings is 2. The highest BCUT2D eigenvalue weighted by Gasteiger charge is 2.28. The number of amides is 1. The molecule has 3 aromatic rings. The molecular formula is C20H19ClN6O3. The van der Waals surface area contributed by atoms with E-state index in [4.69, 9.17) is 21.1 Å². The number of hydrogen-bond acceptors (Lipinski definition) is 7. The molecule has 5 rings (SSSR count). The number of ether oxygens (including phenoxy) is 2. The number of fused-ring (bicyclic) bond motifs is 1. The van der Waals surface area contributed by atoms with Gasteiger partial charge in [-0.3, -0.25) is 4.79 Å². The van der Waals surface area contributed by atoms with E-state index in [-0.39, 0.29) is 12.5 Å². The second-order valence-corrected chi connectivity index (χ2v) is 7.54. The molecule has 2 aromatic carbocycles. The zero-order chi connectivity index (χ0) is 20.5. The summed E-state index contributed by atoms with van der Waals surface area (Å²) in [6.07, 6.45) is 2.19. The van der Waals surface area contributed by atoms with Crippen molar-refractivity contribution in [1.82, 2.24) is 20.2 Å². The highest BCUT2D eigenvalue weighted by molar-refractivity contribution is 6.34. The molecule has 1 amide bonds. The Morgan fingerprint density at radius 2 is 1.97 bits per heavy atom. The maximum Gasteiger partial charge on any atom is 0.243 e. The minimum absolute atomic E-state index is 0.0712. The van der Waals surface area contributed by atoms with Gasteiger partial charge in [-0.05, 0) is 35.4 Å². The fourth-order valence-corrected chi connectivity index (χ4v) is 3.45. The van der Waals surface area contributed by atoms with Gasteiger partial charge in [0.2, 0.25) is 5.91 Å². The van der Waals surface area contributed by atoms with Crippen LogP contribution >= 0.6 is 11.6 Å². The number of tetrazole rings is 1. The number of nitrogens with one attached hydrogen (secondary N) is 2. The quantitative estimate of drug-likeness (QED) is 0.624. The van der Waals surface area contributed by atoms with Gasteiger partial charge in [-0.2, -0.15) is 0 Å². The van der Waals surface area contributed by atoms with Gasteiger partial charge in [0.1, 0.15) is 13.2 Å². The topological polar surface area (TPSA) is 103 Å². The Hall–Kier alpha value is -3.33. The van der Waals surface area contributed by atoms with Crippen LogP contribution < -0.4 is 20.1 Å². The van der Waals surface area contributed by atoms with Crippen LogP contribution in [0.5, 0.6) is 11.5 Å². The van der Waals surface area contributed by atoms with Crippen LogP contribution in [0.15, 0.2) is 36.4 Å². The Morgan fingerprint density at radius 3 is 2.77 bits per heavy atom. The van der Waals surface area contributed by atoms with Crippen molar-refractivity contribution in [3.8, 4) is 22.9 Å². The van der Waals surface area contributed by atoms with Crippen molar-refractivity contribution in [3.63, 3.8) is 0 Å². The molecule has 0 saturated heterocycles. The summed E-state index contributed by atoms with van der Waals surface area (Å²) in [5.41, 5.74) is 2.17. The molecule has 0 radical (unpaired) electrons. The average molecular weight is 427 g/mol. The minimum Gasteiger partial charge on any atom is -0.486 e. The molecule has 0 bridgehead atoms. The van der Waals surface area contributed by atoms with Crippen LogP contribution in [-0.4, -0.2) is 45.9 Å². The van der Waals surface area contributed by atoms with Gasteiger partial charge in [-0.25, -0.2) is 4.68 Å². The molecule has 9 nitrogen and oxygen atoms in total. The van der Waals surface area contributed by atoms with Gasteiger partial charge < -0.3 is 20.1 Å². The van der Waals surface area contributed by atoms with E-state index in [9.17, 15) is 4.79 Å². The molecule has 2 N–H and O–H groups in total. The fourth-order valence-electron chi connectivity index (χ4n) is 3.25. The molecule has 1 aliphatic heterocycles. The van der Waals surface area contributed by atoms with Crippen molar-refractivity contribution in [2.24, 2.45) is 0 Å². The van der Waals surface area contributed by atoms with Crippen LogP contribution in [0, 0.1) is 0 Å². The Balaban J connectivity index is 1.24. The summed E-state index contributed by atoms with van der Waals surface area (Å²) in [4.78, 5) is 12.4. The summed E-state index contributed by atoms with van der Waals surface area (Å²) in [7, 11) is 0. The molecule has 0 atom stereocenters.